The summed E-state index contributed by atoms with van der Waals surface area (Å²) in [7, 11) is 0. The van der Waals surface area contributed by atoms with E-state index in [0.717, 1.165) is 15.9 Å². The van der Waals surface area contributed by atoms with Crippen LogP contribution in [-0.2, 0) is 20.5 Å². The van der Waals surface area contributed by atoms with Gasteiger partial charge in [0.2, 0.25) is 0 Å². The molecular formula is C26H34F3N3O7. The fraction of sp³-hybridized carbons (Fsp3) is 0.615. The third kappa shape index (κ3) is 6.39. The number of carbonyl (C=O) groups is 4. The van der Waals surface area contributed by atoms with Gasteiger partial charge in [-0.2, -0.15) is 13.2 Å². The molecule has 39 heavy (non-hydrogen) atoms. The molecule has 3 rings (SSSR count). The van der Waals surface area contributed by atoms with E-state index in [9.17, 15) is 37.5 Å². The zero-order chi connectivity index (χ0) is 29.3. The molecule has 1 aromatic rings. The zero-order valence-electron chi connectivity index (χ0n) is 22.6. The lowest BCUT2D eigenvalue weighted by Gasteiger charge is -2.42. The number of anilines is 1. The summed E-state index contributed by atoms with van der Waals surface area (Å²) >= 11 is 0. The van der Waals surface area contributed by atoms with Gasteiger partial charge >= 0.3 is 18.2 Å². The summed E-state index contributed by atoms with van der Waals surface area (Å²) in [5.74, 6) is -2.38. The van der Waals surface area contributed by atoms with E-state index in [1.807, 2.05) is 0 Å². The number of carboxylic acid groups (broad SMARTS) is 1. The Balaban J connectivity index is 2.12. The van der Waals surface area contributed by atoms with Gasteiger partial charge in [-0.25, -0.2) is 4.79 Å². The van der Waals surface area contributed by atoms with Crippen LogP contribution in [0.1, 0.15) is 69.8 Å². The number of hydrogen-bond acceptors (Lipinski definition) is 6. The molecule has 10 nitrogen and oxygen atoms in total. The van der Waals surface area contributed by atoms with Gasteiger partial charge in [0.25, 0.3) is 11.8 Å². The highest BCUT2D eigenvalue weighted by molar-refractivity contribution is 6.05. The van der Waals surface area contributed by atoms with Crippen molar-refractivity contribution in [2.45, 2.75) is 77.7 Å². The molecular weight excluding hydrogens is 523 g/mol. The number of hydrogen-bond donors (Lipinski definition) is 1. The van der Waals surface area contributed by atoms with Crippen LogP contribution in [0, 0.1) is 0 Å². The predicted octanol–water partition coefficient (Wildman–Crippen LogP) is 4.16. The highest BCUT2D eigenvalue weighted by Gasteiger charge is 2.45. The summed E-state index contributed by atoms with van der Waals surface area (Å²) in [6.45, 7) is 7.87. The molecule has 13 heteroatoms. The average Bonchev–Trinajstić information content (AvgIpc) is 2.83. The summed E-state index contributed by atoms with van der Waals surface area (Å²) in [6, 6.07) is 0.490. The number of amides is 3. The van der Waals surface area contributed by atoms with E-state index in [-0.39, 0.29) is 44.1 Å². The molecule has 2 aliphatic heterocycles. The van der Waals surface area contributed by atoms with Crippen LogP contribution in [0.15, 0.2) is 12.1 Å². The number of carbonyl (C=O) groups excluding carboxylic acids is 3. The number of benzene rings is 1. The first kappa shape index (κ1) is 30.0. The van der Waals surface area contributed by atoms with Crippen molar-refractivity contribution in [2.75, 3.05) is 31.1 Å². The number of nitrogens with zero attached hydrogens (tertiary/aromatic N) is 3. The fourth-order valence-electron chi connectivity index (χ4n) is 5.00. The van der Waals surface area contributed by atoms with Crippen molar-refractivity contribution < 1.29 is 46.9 Å². The maximum atomic E-state index is 14.3. The summed E-state index contributed by atoms with van der Waals surface area (Å²) in [4.78, 5) is 54.1. The van der Waals surface area contributed by atoms with Crippen molar-refractivity contribution in [3.05, 3.63) is 23.3 Å². The summed E-state index contributed by atoms with van der Waals surface area (Å²) in [5, 5.41) is 9.42. The van der Waals surface area contributed by atoms with Crippen molar-refractivity contribution in [3.63, 3.8) is 0 Å². The lowest BCUT2D eigenvalue weighted by Crippen LogP contribution is -2.54. The molecule has 0 radical (unpaired) electrons. The van der Waals surface area contributed by atoms with Crippen molar-refractivity contribution in [1.29, 1.82) is 0 Å². The number of likely N-dealkylation sites (tertiary alicyclic amines) is 1. The van der Waals surface area contributed by atoms with Gasteiger partial charge in [0.05, 0.1) is 35.9 Å². The third-order valence-corrected chi connectivity index (χ3v) is 6.75. The molecule has 1 atom stereocenters. The number of fused-ring (bicyclic) bond motifs is 1. The number of halogens is 3. The van der Waals surface area contributed by atoms with Gasteiger partial charge < -0.3 is 29.3 Å². The molecule has 0 spiro atoms. The Hall–Kier alpha value is -3.51. The van der Waals surface area contributed by atoms with Crippen LogP contribution < -0.4 is 9.64 Å². The molecule has 0 aromatic heterocycles. The molecule has 1 N–H and O–H groups in total. The monoisotopic (exact) mass is 557 g/mol. The van der Waals surface area contributed by atoms with Gasteiger partial charge in [0.1, 0.15) is 5.75 Å². The standard InChI is InChI=1S/C26H34F3N3O7/c1-6-38-21(33)9-11-31-19-12-17(18(26(27,28)29)13-20(19)39-25(4,5)23(31)35)22(34)32(15(2)3)16-8-7-10-30(14-16)24(36)37/h12-13,15-16H,6-11,14H2,1-5H3,(H,36,37)/t16-/m1/s1. The topological polar surface area (TPSA) is 117 Å². The smallest absolute Gasteiger partial charge is 0.417 e. The number of piperidine rings is 1. The third-order valence-electron chi connectivity index (χ3n) is 6.75. The number of rotatable bonds is 7. The lowest BCUT2D eigenvalue weighted by atomic mass is 9.96. The zero-order valence-corrected chi connectivity index (χ0v) is 22.6. The molecule has 0 aliphatic carbocycles. The second-order valence-electron chi connectivity index (χ2n) is 10.3. The van der Waals surface area contributed by atoms with Crippen molar-refractivity contribution >= 4 is 29.6 Å². The van der Waals surface area contributed by atoms with E-state index in [1.165, 1.54) is 18.7 Å². The van der Waals surface area contributed by atoms with E-state index in [4.69, 9.17) is 9.47 Å². The Morgan fingerprint density at radius 2 is 1.92 bits per heavy atom. The first-order chi connectivity index (χ1) is 18.1. The predicted molar refractivity (Wildman–Crippen MR) is 134 cm³/mol. The maximum Gasteiger partial charge on any atom is 0.417 e. The van der Waals surface area contributed by atoms with Gasteiger partial charge in [0, 0.05) is 25.7 Å². The lowest BCUT2D eigenvalue weighted by molar-refractivity contribution is -0.143. The molecule has 2 aliphatic rings. The highest BCUT2D eigenvalue weighted by Crippen LogP contribution is 2.44. The SMILES string of the molecule is CCOC(=O)CCN1C(=O)C(C)(C)Oc2cc(C(F)(F)F)c(C(=O)N(C(C)C)[C@@H]3CCCN(C(=O)O)C3)cc21. The highest BCUT2D eigenvalue weighted by atomic mass is 19.4. The Kier molecular flexibility index (Phi) is 8.71. The quantitative estimate of drug-likeness (QED) is 0.501. The number of alkyl halides is 3. The van der Waals surface area contributed by atoms with E-state index >= 15 is 0 Å². The first-order valence-corrected chi connectivity index (χ1v) is 12.8. The van der Waals surface area contributed by atoms with Gasteiger partial charge in [-0.15, -0.1) is 0 Å². The Morgan fingerprint density at radius 1 is 1.26 bits per heavy atom. The van der Waals surface area contributed by atoms with Crippen LogP contribution in [-0.4, -0.2) is 82.7 Å². The molecule has 1 saturated heterocycles. The Labute approximate surface area is 224 Å². The molecule has 3 amide bonds. The minimum atomic E-state index is -4.94. The molecule has 2 heterocycles. The normalized spacial score (nSPS) is 18.9. The largest absolute Gasteiger partial charge is 0.476 e. The minimum Gasteiger partial charge on any atom is -0.476 e. The molecule has 0 saturated carbocycles. The van der Waals surface area contributed by atoms with Gasteiger partial charge in [-0.1, -0.05) is 0 Å². The number of ether oxygens (including phenoxy) is 2. The molecule has 1 aromatic carbocycles. The maximum absolute atomic E-state index is 14.3. The first-order valence-electron chi connectivity index (χ1n) is 12.8. The van der Waals surface area contributed by atoms with E-state index in [2.05, 4.69) is 0 Å². The molecule has 216 valence electrons. The van der Waals surface area contributed by atoms with Gasteiger partial charge in [0.15, 0.2) is 5.60 Å². The molecule has 0 bridgehead atoms. The second-order valence-corrected chi connectivity index (χ2v) is 10.3. The fourth-order valence-corrected chi connectivity index (χ4v) is 5.00. The van der Waals surface area contributed by atoms with Crippen LogP contribution in [0.4, 0.5) is 23.7 Å². The average molecular weight is 558 g/mol. The van der Waals surface area contributed by atoms with Crippen LogP contribution in [0.25, 0.3) is 0 Å². The minimum absolute atomic E-state index is 0.0347. The van der Waals surface area contributed by atoms with Crippen molar-refractivity contribution in [3.8, 4) is 5.75 Å². The van der Waals surface area contributed by atoms with E-state index in [1.54, 1.807) is 20.8 Å². The van der Waals surface area contributed by atoms with Gasteiger partial charge in [-0.05, 0) is 59.6 Å². The second kappa shape index (κ2) is 11.3. The summed E-state index contributed by atoms with van der Waals surface area (Å²) in [5.41, 5.74) is -3.53. The van der Waals surface area contributed by atoms with Crippen LogP contribution in [0.3, 0.4) is 0 Å². The summed E-state index contributed by atoms with van der Waals surface area (Å²) < 4.78 is 53.5. The van der Waals surface area contributed by atoms with Crippen LogP contribution >= 0.6 is 0 Å². The van der Waals surface area contributed by atoms with Crippen LogP contribution in [0.5, 0.6) is 5.75 Å². The van der Waals surface area contributed by atoms with Crippen molar-refractivity contribution in [1.82, 2.24) is 9.80 Å². The molecule has 0 unspecified atom stereocenters. The Morgan fingerprint density at radius 3 is 2.49 bits per heavy atom. The van der Waals surface area contributed by atoms with E-state index in [0.29, 0.717) is 18.9 Å². The number of esters is 1. The van der Waals surface area contributed by atoms with Crippen molar-refractivity contribution in [2.24, 2.45) is 0 Å². The molecule has 1 fully saturated rings. The Bertz CT molecular complexity index is 1140. The van der Waals surface area contributed by atoms with E-state index < -0.39 is 58.9 Å². The van der Waals surface area contributed by atoms with Crippen LogP contribution in [0.2, 0.25) is 0 Å². The van der Waals surface area contributed by atoms with Gasteiger partial charge in [-0.3, -0.25) is 14.4 Å². The summed E-state index contributed by atoms with van der Waals surface area (Å²) in [6.07, 6.45) is -5.46.